The average molecular weight is 406 g/mol. The molecule has 0 fully saturated rings. The van der Waals surface area contributed by atoms with Crippen LogP contribution in [0.4, 0.5) is 16.3 Å². The fraction of sp³-hybridized carbons (Fsp3) is 0.227. The molecule has 0 spiro atoms. The molecule has 0 radical (unpaired) electrons. The standard InChI is InChI=1S/C22H22N4O4/c1-22(2,3)19-11-20(26-30-19)24-21(27)23-16-6-8-17(9-7-16)28-12-14-4-5-15-13-29-25-18(15)10-14/h4-11,13H,12H2,1-3H3,(H2,23,24,26,27). The van der Waals surface area contributed by atoms with E-state index in [1.807, 2.05) is 39.0 Å². The zero-order chi connectivity index (χ0) is 21.1. The first-order chi connectivity index (χ1) is 14.4. The molecule has 0 atom stereocenters. The molecule has 4 rings (SSSR count). The van der Waals surface area contributed by atoms with E-state index >= 15 is 0 Å². The molecule has 8 heteroatoms. The number of anilines is 2. The number of urea groups is 1. The Balaban J connectivity index is 1.30. The van der Waals surface area contributed by atoms with Crippen molar-refractivity contribution < 1.29 is 18.6 Å². The van der Waals surface area contributed by atoms with Crippen LogP contribution < -0.4 is 15.4 Å². The molecular weight excluding hydrogens is 384 g/mol. The largest absolute Gasteiger partial charge is 0.489 e. The van der Waals surface area contributed by atoms with E-state index < -0.39 is 6.03 Å². The van der Waals surface area contributed by atoms with Crippen LogP contribution >= 0.6 is 0 Å². The van der Waals surface area contributed by atoms with Gasteiger partial charge in [-0.3, -0.25) is 5.32 Å². The summed E-state index contributed by atoms with van der Waals surface area (Å²) in [5.41, 5.74) is 2.23. The molecule has 0 aliphatic rings. The molecule has 0 aliphatic carbocycles. The van der Waals surface area contributed by atoms with Gasteiger partial charge in [0.25, 0.3) is 0 Å². The highest BCUT2D eigenvalue weighted by atomic mass is 16.5. The Morgan fingerprint density at radius 1 is 1.03 bits per heavy atom. The van der Waals surface area contributed by atoms with Crippen molar-refractivity contribution in [2.75, 3.05) is 10.6 Å². The van der Waals surface area contributed by atoms with E-state index in [4.69, 9.17) is 13.8 Å². The van der Waals surface area contributed by atoms with Crippen molar-refractivity contribution in [3.05, 3.63) is 66.1 Å². The number of fused-ring (bicyclic) bond motifs is 1. The van der Waals surface area contributed by atoms with E-state index in [9.17, 15) is 4.79 Å². The van der Waals surface area contributed by atoms with Crippen LogP contribution in [0.2, 0.25) is 0 Å². The third kappa shape index (κ3) is 4.60. The predicted molar refractivity (Wildman–Crippen MR) is 113 cm³/mol. The van der Waals surface area contributed by atoms with Crippen LogP contribution in [0.1, 0.15) is 32.1 Å². The van der Waals surface area contributed by atoms with E-state index in [0.717, 1.165) is 16.5 Å². The predicted octanol–water partition coefficient (Wildman–Crippen LogP) is 5.34. The summed E-state index contributed by atoms with van der Waals surface area (Å²) in [5.74, 6) is 1.75. The summed E-state index contributed by atoms with van der Waals surface area (Å²) in [6.07, 6.45) is 1.61. The van der Waals surface area contributed by atoms with Crippen LogP contribution in [0, 0.1) is 0 Å². The Kier molecular flexibility index (Phi) is 5.14. The third-order valence-electron chi connectivity index (χ3n) is 4.43. The summed E-state index contributed by atoms with van der Waals surface area (Å²) < 4.78 is 16.0. The van der Waals surface area contributed by atoms with Gasteiger partial charge in [-0.05, 0) is 42.0 Å². The summed E-state index contributed by atoms with van der Waals surface area (Å²) in [4.78, 5) is 12.2. The van der Waals surface area contributed by atoms with Crippen LogP contribution in [0.3, 0.4) is 0 Å². The summed E-state index contributed by atoms with van der Waals surface area (Å²) in [7, 11) is 0. The van der Waals surface area contributed by atoms with E-state index in [2.05, 4.69) is 20.9 Å². The highest BCUT2D eigenvalue weighted by molar-refractivity contribution is 5.99. The van der Waals surface area contributed by atoms with Crippen molar-refractivity contribution in [1.82, 2.24) is 10.3 Å². The minimum absolute atomic E-state index is 0.181. The van der Waals surface area contributed by atoms with Crippen LogP contribution in [0.25, 0.3) is 10.9 Å². The number of aromatic nitrogens is 2. The van der Waals surface area contributed by atoms with Gasteiger partial charge < -0.3 is 19.1 Å². The normalized spacial score (nSPS) is 11.4. The Morgan fingerprint density at radius 3 is 2.57 bits per heavy atom. The van der Waals surface area contributed by atoms with Crippen molar-refractivity contribution in [1.29, 1.82) is 0 Å². The second kappa shape index (κ2) is 7.90. The van der Waals surface area contributed by atoms with Gasteiger partial charge in [-0.1, -0.05) is 37.2 Å². The molecule has 2 aromatic heterocycles. The minimum Gasteiger partial charge on any atom is -0.489 e. The van der Waals surface area contributed by atoms with E-state index in [-0.39, 0.29) is 5.41 Å². The second-order valence-corrected chi connectivity index (χ2v) is 7.93. The summed E-state index contributed by atoms with van der Waals surface area (Å²) >= 11 is 0. The fourth-order valence-electron chi connectivity index (χ4n) is 2.77. The summed E-state index contributed by atoms with van der Waals surface area (Å²) in [6, 6.07) is 14.2. The number of hydrogen-bond acceptors (Lipinski definition) is 6. The fourth-order valence-corrected chi connectivity index (χ4v) is 2.77. The van der Waals surface area contributed by atoms with Gasteiger partial charge in [0, 0.05) is 22.6 Å². The van der Waals surface area contributed by atoms with Gasteiger partial charge in [-0.15, -0.1) is 0 Å². The average Bonchev–Trinajstić information content (AvgIpc) is 3.36. The van der Waals surface area contributed by atoms with Crippen LogP contribution in [0.15, 0.2) is 63.8 Å². The first-order valence-corrected chi connectivity index (χ1v) is 9.48. The maximum atomic E-state index is 12.2. The molecule has 0 saturated heterocycles. The number of nitrogens with zero attached hydrogens (tertiary/aromatic N) is 2. The highest BCUT2D eigenvalue weighted by Gasteiger charge is 2.20. The lowest BCUT2D eigenvalue weighted by molar-refractivity contribution is 0.262. The molecular formula is C22H22N4O4. The lowest BCUT2D eigenvalue weighted by Gasteiger charge is -2.12. The lowest BCUT2D eigenvalue weighted by atomic mass is 9.93. The van der Waals surface area contributed by atoms with Gasteiger partial charge in [0.15, 0.2) is 5.82 Å². The number of carbonyl (C=O) groups excluding carboxylic acids is 1. The van der Waals surface area contributed by atoms with E-state index in [1.54, 1.807) is 36.6 Å². The number of amides is 2. The van der Waals surface area contributed by atoms with Gasteiger partial charge in [-0.25, -0.2) is 4.79 Å². The van der Waals surface area contributed by atoms with Crippen LogP contribution in [0.5, 0.6) is 5.75 Å². The molecule has 2 heterocycles. The smallest absolute Gasteiger partial charge is 0.324 e. The summed E-state index contributed by atoms with van der Waals surface area (Å²) in [5, 5.41) is 14.2. The second-order valence-electron chi connectivity index (χ2n) is 7.93. The number of carbonyl (C=O) groups is 1. The maximum Gasteiger partial charge on any atom is 0.324 e. The molecule has 2 aromatic carbocycles. The van der Waals surface area contributed by atoms with Gasteiger partial charge in [-0.2, -0.15) is 0 Å². The Bertz CT molecular complexity index is 1160. The third-order valence-corrected chi connectivity index (χ3v) is 4.43. The topological polar surface area (TPSA) is 102 Å². The summed E-state index contributed by atoms with van der Waals surface area (Å²) in [6.45, 7) is 6.42. The number of nitrogens with one attached hydrogen (secondary N) is 2. The molecule has 0 unspecified atom stereocenters. The number of rotatable bonds is 5. The van der Waals surface area contributed by atoms with Crippen LogP contribution in [-0.2, 0) is 12.0 Å². The number of benzene rings is 2. The first-order valence-electron chi connectivity index (χ1n) is 9.48. The van der Waals surface area contributed by atoms with Gasteiger partial charge in [0.2, 0.25) is 0 Å². The zero-order valence-corrected chi connectivity index (χ0v) is 16.9. The molecule has 2 N–H and O–H groups in total. The van der Waals surface area contributed by atoms with Crippen molar-refractivity contribution in [2.45, 2.75) is 32.8 Å². The Morgan fingerprint density at radius 2 is 1.83 bits per heavy atom. The molecule has 0 aliphatic heterocycles. The molecule has 154 valence electrons. The minimum atomic E-state index is -0.404. The van der Waals surface area contributed by atoms with Crippen molar-refractivity contribution in [3.8, 4) is 5.75 Å². The van der Waals surface area contributed by atoms with Crippen molar-refractivity contribution >= 4 is 28.4 Å². The van der Waals surface area contributed by atoms with Gasteiger partial charge in [0.1, 0.15) is 29.9 Å². The maximum absolute atomic E-state index is 12.2. The number of ether oxygens (including phenoxy) is 1. The van der Waals surface area contributed by atoms with E-state index in [0.29, 0.717) is 29.6 Å². The number of hydrogen-bond donors (Lipinski definition) is 2. The SMILES string of the molecule is CC(C)(C)c1cc(NC(=O)Nc2ccc(OCc3ccc4conc4c3)cc2)no1. The van der Waals surface area contributed by atoms with Gasteiger partial charge in [0.05, 0.1) is 0 Å². The molecule has 0 bridgehead atoms. The van der Waals surface area contributed by atoms with Crippen molar-refractivity contribution in [3.63, 3.8) is 0 Å². The molecule has 30 heavy (non-hydrogen) atoms. The molecule has 4 aromatic rings. The molecule has 0 saturated carbocycles. The van der Waals surface area contributed by atoms with Gasteiger partial charge >= 0.3 is 6.03 Å². The monoisotopic (exact) mass is 406 g/mol. The Hall–Kier alpha value is -3.81. The first kappa shape index (κ1) is 19.5. The van der Waals surface area contributed by atoms with Crippen molar-refractivity contribution in [2.24, 2.45) is 0 Å². The zero-order valence-electron chi connectivity index (χ0n) is 16.9. The van der Waals surface area contributed by atoms with E-state index in [1.165, 1.54) is 0 Å². The molecule has 8 nitrogen and oxygen atoms in total. The Labute approximate surface area is 173 Å². The lowest BCUT2D eigenvalue weighted by Crippen LogP contribution is -2.19. The van der Waals surface area contributed by atoms with Crippen LogP contribution in [-0.4, -0.2) is 16.3 Å². The molecule has 2 amide bonds. The highest BCUT2D eigenvalue weighted by Crippen LogP contribution is 2.24. The quantitative estimate of drug-likeness (QED) is 0.464.